The van der Waals surface area contributed by atoms with E-state index in [2.05, 4.69) is 11.0 Å². The molecule has 3 heterocycles. The van der Waals surface area contributed by atoms with Gasteiger partial charge in [0.05, 0.1) is 12.2 Å². The highest BCUT2D eigenvalue weighted by Crippen LogP contribution is 2.37. The van der Waals surface area contributed by atoms with Crippen molar-refractivity contribution in [1.82, 2.24) is 9.80 Å². The minimum absolute atomic E-state index is 0.0887. The van der Waals surface area contributed by atoms with Crippen LogP contribution >= 0.6 is 0 Å². The van der Waals surface area contributed by atoms with Crippen molar-refractivity contribution in [2.75, 3.05) is 32.8 Å². The number of piperidine rings is 1. The number of ether oxygens (including phenoxy) is 2. The Morgan fingerprint density at radius 3 is 2.45 bits per heavy atom. The van der Waals surface area contributed by atoms with E-state index in [-0.39, 0.29) is 17.6 Å². The fourth-order valence-electron chi connectivity index (χ4n) is 5.25. The van der Waals surface area contributed by atoms with Crippen LogP contribution in [0.4, 0.5) is 0 Å². The van der Waals surface area contributed by atoms with Crippen molar-refractivity contribution < 1.29 is 14.3 Å². The van der Waals surface area contributed by atoms with Crippen LogP contribution in [0.2, 0.25) is 0 Å². The molecule has 0 unspecified atom stereocenters. The lowest BCUT2D eigenvalue weighted by Gasteiger charge is -2.38. The maximum atomic E-state index is 13.3. The standard InChI is InChI=1S/C26H32N2O3/c29-25(24-11-5-4-8-21(24)19-27-14-6-7-15-27)28-16-12-26(13-17-28)18-23(20-30-26)31-22-9-2-1-3-10-22/h1-5,8-11,23H,6-7,12-20H2/t23-/m0/s1. The molecule has 0 saturated carbocycles. The maximum Gasteiger partial charge on any atom is 0.254 e. The second-order valence-corrected chi connectivity index (χ2v) is 9.18. The summed E-state index contributed by atoms with van der Waals surface area (Å²) >= 11 is 0. The molecule has 3 aliphatic heterocycles. The van der Waals surface area contributed by atoms with Gasteiger partial charge in [0.25, 0.3) is 5.91 Å². The lowest BCUT2D eigenvalue weighted by Crippen LogP contribution is -2.47. The molecule has 1 atom stereocenters. The summed E-state index contributed by atoms with van der Waals surface area (Å²) in [7, 11) is 0. The van der Waals surface area contributed by atoms with E-state index in [0.29, 0.717) is 6.61 Å². The van der Waals surface area contributed by atoms with E-state index < -0.39 is 0 Å². The molecule has 5 heteroatoms. The molecule has 0 bridgehead atoms. The zero-order valence-electron chi connectivity index (χ0n) is 18.2. The number of amides is 1. The summed E-state index contributed by atoms with van der Waals surface area (Å²) in [5.41, 5.74) is 1.87. The van der Waals surface area contributed by atoms with Crippen LogP contribution in [-0.2, 0) is 11.3 Å². The summed E-state index contributed by atoms with van der Waals surface area (Å²) in [5.74, 6) is 1.06. The second-order valence-electron chi connectivity index (χ2n) is 9.18. The van der Waals surface area contributed by atoms with Crippen LogP contribution in [0.25, 0.3) is 0 Å². The number of hydrogen-bond acceptors (Lipinski definition) is 4. The first-order valence-electron chi connectivity index (χ1n) is 11.7. The Balaban J connectivity index is 1.19. The van der Waals surface area contributed by atoms with Gasteiger partial charge < -0.3 is 14.4 Å². The molecule has 1 spiro atoms. The van der Waals surface area contributed by atoms with Gasteiger partial charge >= 0.3 is 0 Å². The number of likely N-dealkylation sites (tertiary alicyclic amines) is 2. The molecule has 3 saturated heterocycles. The van der Waals surface area contributed by atoms with Gasteiger partial charge in [-0.3, -0.25) is 9.69 Å². The molecule has 5 rings (SSSR count). The first-order chi connectivity index (χ1) is 15.2. The van der Waals surface area contributed by atoms with Crippen molar-refractivity contribution in [2.45, 2.75) is 50.4 Å². The van der Waals surface area contributed by atoms with Crippen molar-refractivity contribution in [1.29, 1.82) is 0 Å². The zero-order chi connectivity index (χ0) is 21.1. The normalized spacial score (nSPS) is 23.4. The third-order valence-corrected chi connectivity index (χ3v) is 7.02. The number of carbonyl (C=O) groups excluding carboxylic acids is 1. The molecule has 0 aromatic heterocycles. The van der Waals surface area contributed by atoms with Gasteiger partial charge in [0.2, 0.25) is 0 Å². The molecular formula is C26H32N2O3. The molecule has 31 heavy (non-hydrogen) atoms. The van der Waals surface area contributed by atoms with E-state index in [1.165, 1.54) is 12.8 Å². The van der Waals surface area contributed by atoms with Gasteiger partial charge in [-0.25, -0.2) is 0 Å². The molecule has 0 aliphatic carbocycles. The predicted octanol–water partition coefficient (Wildman–Crippen LogP) is 4.13. The van der Waals surface area contributed by atoms with Crippen molar-refractivity contribution in [3.8, 4) is 5.75 Å². The highest BCUT2D eigenvalue weighted by Gasteiger charge is 2.44. The minimum Gasteiger partial charge on any atom is -0.488 e. The number of para-hydroxylation sites is 1. The van der Waals surface area contributed by atoms with Gasteiger partial charge in [-0.2, -0.15) is 0 Å². The fourth-order valence-corrected chi connectivity index (χ4v) is 5.25. The molecule has 164 valence electrons. The van der Waals surface area contributed by atoms with Crippen molar-refractivity contribution in [3.05, 3.63) is 65.7 Å². The van der Waals surface area contributed by atoms with Gasteiger partial charge in [0, 0.05) is 31.6 Å². The topological polar surface area (TPSA) is 42.0 Å². The molecular weight excluding hydrogens is 388 g/mol. The van der Waals surface area contributed by atoms with Crippen LogP contribution in [0.1, 0.15) is 48.0 Å². The minimum atomic E-state index is -0.148. The molecule has 2 aromatic rings. The summed E-state index contributed by atoms with van der Waals surface area (Å²) in [5, 5.41) is 0. The predicted molar refractivity (Wildman–Crippen MR) is 120 cm³/mol. The monoisotopic (exact) mass is 420 g/mol. The van der Waals surface area contributed by atoms with E-state index in [1.807, 2.05) is 53.4 Å². The van der Waals surface area contributed by atoms with Gasteiger partial charge in [0.15, 0.2) is 0 Å². The third kappa shape index (κ3) is 4.63. The molecule has 3 aliphatic rings. The highest BCUT2D eigenvalue weighted by molar-refractivity contribution is 5.95. The average molecular weight is 421 g/mol. The molecule has 5 nitrogen and oxygen atoms in total. The van der Waals surface area contributed by atoms with Gasteiger partial charge in [0.1, 0.15) is 11.9 Å². The fraction of sp³-hybridized carbons (Fsp3) is 0.500. The largest absolute Gasteiger partial charge is 0.488 e. The molecule has 1 amide bonds. The lowest BCUT2D eigenvalue weighted by molar-refractivity contribution is -0.0396. The quantitative estimate of drug-likeness (QED) is 0.730. The zero-order valence-corrected chi connectivity index (χ0v) is 18.2. The van der Waals surface area contributed by atoms with E-state index in [9.17, 15) is 4.79 Å². The van der Waals surface area contributed by atoms with Gasteiger partial charge in [-0.05, 0) is 62.5 Å². The summed E-state index contributed by atoms with van der Waals surface area (Å²) in [6.07, 6.45) is 5.27. The second kappa shape index (κ2) is 9.01. The number of nitrogens with zero attached hydrogens (tertiary/aromatic N) is 2. The van der Waals surface area contributed by atoms with Crippen LogP contribution in [0, 0.1) is 0 Å². The van der Waals surface area contributed by atoms with E-state index in [0.717, 1.165) is 68.9 Å². The van der Waals surface area contributed by atoms with Crippen molar-refractivity contribution >= 4 is 5.91 Å². The summed E-state index contributed by atoms with van der Waals surface area (Å²) in [6.45, 7) is 5.27. The SMILES string of the molecule is O=C(c1ccccc1CN1CCCC1)N1CCC2(CC1)C[C@H](Oc1ccccc1)CO2. The summed E-state index contributed by atoms with van der Waals surface area (Å²) < 4.78 is 12.4. The Labute approximate surface area is 184 Å². The first kappa shape index (κ1) is 20.5. The smallest absolute Gasteiger partial charge is 0.254 e. The Bertz CT molecular complexity index is 887. The van der Waals surface area contributed by atoms with E-state index in [1.54, 1.807) is 0 Å². The van der Waals surface area contributed by atoms with Crippen LogP contribution in [0.5, 0.6) is 5.75 Å². The lowest BCUT2D eigenvalue weighted by atomic mass is 9.87. The Morgan fingerprint density at radius 1 is 0.968 bits per heavy atom. The van der Waals surface area contributed by atoms with E-state index >= 15 is 0 Å². The summed E-state index contributed by atoms with van der Waals surface area (Å²) in [4.78, 5) is 17.8. The van der Waals surface area contributed by atoms with Crippen molar-refractivity contribution in [2.24, 2.45) is 0 Å². The summed E-state index contributed by atoms with van der Waals surface area (Å²) in [6, 6.07) is 18.1. The average Bonchev–Trinajstić information content (AvgIpc) is 3.45. The van der Waals surface area contributed by atoms with Crippen molar-refractivity contribution in [3.63, 3.8) is 0 Å². The highest BCUT2D eigenvalue weighted by atomic mass is 16.6. The molecule has 0 N–H and O–H groups in total. The van der Waals surface area contributed by atoms with Crippen LogP contribution in [-0.4, -0.2) is 60.2 Å². The number of benzene rings is 2. The molecule has 0 radical (unpaired) electrons. The Morgan fingerprint density at radius 2 is 1.68 bits per heavy atom. The first-order valence-corrected chi connectivity index (χ1v) is 11.7. The van der Waals surface area contributed by atoms with Crippen LogP contribution in [0.3, 0.4) is 0 Å². The maximum absolute atomic E-state index is 13.3. The van der Waals surface area contributed by atoms with Crippen LogP contribution in [0.15, 0.2) is 54.6 Å². The Hall–Kier alpha value is -2.37. The van der Waals surface area contributed by atoms with E-state index in [4.69, 9.17) is 9.47 Å². The Kier molecular flexibility index (Phi) is 5.97. The van der Waals surface area contributed by atoms with Gasteiger partial charge in [-0.15, -0.1) is 0 Å². The molecule has 3 fully saturated rings. The number of carbonyl (C=O) groups is 1. The van der Waals surface area contributed by atoms with Gasteiger partial charge in [-0.1, -0.05) is 36.4 Å². The number of rotatable bonds is 5. The third-order valence-electron chi connectivity index (χ3n) is 7.02. The number of hydrogen-bond donors (Lipinski definition) is 0. The molecule has 2 aromatic carbocycles. The van der Waals surface area contributed by atoms with Crippen LogP contribution < -0.4 is 4.74 Å².